The van der Waals surface area contributed by atoms with Crippen molar-refractivity contribution >= 4 is 17.3 Å². The molecule has 24 heavy (non-hydrogen) atoms. The Kier molecular flexibility index (Phi) is 5.29. The molecule has 4 nitrogen and oxygen atoms in total. The summed E-state index contributed by atoms with van der Waals surface area (Å²) in [5.74, 6) is 0.272. The maximum Gasteiger partial charge on any atom is 0.285 e. The van der Waals surface area contributed by atoms with E-state index in [2.05, 4.69) is 64.0 Å². The van der Waals surface area contributed by atoms with Crippen molar-refractivity contribution in [2.45, 2.75) is 12.3 Å². The molecular weight excluding hydrogens is 322 g/mol. The highest BCUT2D eigenvalue weighted by atomic mass is 35.5. The summed E-state index contributed by atoms with van der Waals surface area (Å²) in [6.07, 6.45) is 2.40. The Morgan fingerprint density at radius 3 is 2.17 bits per heavy atom. The summed E-state index contributed by atoms with van der Waals surface area (Å²) in [4.78, 5) is 11.5. The number of rotatable bonds is 6. The molecule has 0 aliphatic carbocycles. The first kappa shape index (κ1) is 16.3. The molecule has 0 aliphatic heterocycles. The van der Waals surface area contributed by atoms with Gasteiger partial charge in [0.2, 0.25) is 0 Å². The van der Waals surface area contributed by atoms with E-state index in [0.29, 0.717) is 12.2 Å². The SMILES string of the molecule is O=c1[nH]ncc(NCCC(c2ccccc2)c2ccccc2)c1Cl. The highest BCUT2D eigenvalue weighted by Gasteiger charge is 2.14. The molecule has 2 N–H and O–H groups in total. The van der Waals surface area contributed by atoms with E-state index in [1.165, 1.54) is 17.3 Å². The van der Waals surface area contributed by atoms with Gasteiger partial charge in [-0.1, -0.05) is 72.3 Å². The second kappa shape index (κ2) is 7.79. The Morgan fingerprint density at radius 1 is 1.00 bits per heavy atom. The van der Waals surface area contributed by atoms with Gasteiger partial charge in [0.15, 0.2) is 0 Å². The van der Waals surface area contributed by atoms with Crippen molar-refractivity contribution in [3.8, 4) is 0 Å². The summed E-state index contributed by atoms with van der Waals surface area (Å²) in [7, 11) is 0. The standard InChI is InChI=1S/C19H18ClN3O/c20-18-17(13-22-23-19(18)24)21-12-11-16(14-7-3-1-4-8-14)15-9-5-2-6-10-15/h1-10,13,16H,11-12H2,(H2,21,23,24). The predicted octanol–water partition coefficient (Wildman–Crippen LogP) is 4.06. The Bertz CT molecular complexity index is 794. The first-order valence-electron chi connectivity index (χ1n) is 7.82. The van der Waals surface area contributed by atoms with Crippen LogP contribution in [0.25, 0.3) is 0 Å². The number of nitrogens with one attached hydrogen (secondary N) is 2. The van der Waals surface area contributed by atoms with E-state index in [4.69, 9.17) is 11.6 Å². The summed E-state index contributed by atoms with van der Waals surface area (Å²) >= 11 is 6.00. The Balaban J connectivity index is 1.76. The van der Waals surface area contributed by atoms with E-state index in [9.17, 15) is 4.79 Å². The number of aromatic amines is 1. The first-order chi connectivity index (χ1) is 11.8. The van der Waals surface area contributed by atoms with Crippen LogP contribution in [0, 0.1) is 0 Å². The average molecular weight is 340 g/mol. The number of aromatic nitrogens is 2. The normalized spacial score (nSPS) is 10.8. The molecule has 0 atom stereocenters. The highest BCUT2D eigenvalue weighted by Crippen LogP contribution is 2.28. The molecule has 0 radical (unpaired) electrons. The van der Waals surface area contributed by atoms with Crippen molar-refractivity contribution in [2.24, 2.45) is 0 Å². The zero-order chi connectivity index (χ0) is 16.8. The number of H-pyrrole nitrogens is 1. The summed E-state index contributed by atoms with van der Waals surface area (Å²) in [5, 5.41) is 9.44. The molecule has 0 spiro atoms. The largest absolute Gasteiger partial charge is 0.382 e. The highest BCUT2D eigenvalue weighted by molar-refractivity contribution is 6.32. The van der Waals surface area contributed by atoms with Crippen molar-refractivity contribution in [3.05, 3.63) is 93.4 Å². The molecule has 5 heteroatoms. The van der Waals surface area contributed by atoms with Crippen LogP contribution < -0.4 is 10.9 Å². The molecule has 1 aromatic heterocycles. The fraction of sp³-hybridized carbons (Fsp3) is 0.158. The maximum absolute atomic E-state index is 11.5. The van der Waals surface area contributed by atoms with Crippen LogP contribution >= 0.6 is 11.6 Å². The third-order valence-corrected chi connectivity index (χ3v) is 4.32. The van der Waals surface area contributed by atoms with E-state index in [1.807, 2.05) is 12.1 Å². The molecule has 0 fully saturated rings. The van der Waals surface area contributed by atoms with Gasteiger partial charge in [-0.3, -0.25) is 4.79 Å². The van der Waals surface area contributed by atoms with Crippen molar-refractivity contribution in [2.75, 3.05) is 11.9 Å². The smallest absolute Gasteiger partial charge is 0.285 e. The zero-order valence-corrected chi connectivity index (χ0v) is 13.8. The number of anilines is 1. The van der Waals surface area contributed by atoms with E-state index in [0.717, 1.165) is 6.42 Å². The second-order valence-corrected chi connectivity index (χ2v) is 5.89. The maximum atomic E-state index is 11.5. The molecule has 0 saturated heterocycles. The van der Waals surface area contributed by atoms with Gasteiger partial charge in [-0.2, -0.15) is 5.10 Å². The predicted molar refractivity (Wildman–Crippen MR) is 97.7 cm³/mol. The van der Waals surface area contributed by atoms with Gasteiger partial charge in [0.25, 0.3) is 5.56 Å². The molecule has 0 unspecified atom stereocenters. The summed E-state index contributed by atoms with van der Waals surface area (Å²) in [5.41, 5.74) is 2.70. The number of nitrogens with zero attached hydrogens (tertiary/aromatic N) is 1. The van der Waals surface area contributed by atoms with Gasteiger partial charge in [-0.05, 0) is 17.5 Å². The molecule has 122 valence electrons. The molecule has 0 saturated carbocycles. The fourth-order valence-electron chi connectivity index (χ4n) is 2.75. The van der Waals surface area contributed by atoms with Crippen LogP contribution in [0.5, 0.6) is 0 Å². The number of halogens is 1. The molecule has 3 aromatic rings. The third kappa shape index (κ3) is 3.84. The van der Waals surface area contributed by atoms with E-state index < -0.39 is 0 Å². The first-order valence-corrected chi connectivity index (χ1v) is 8.20. The molecule has 0 amide bonds. The lowest BCUT2D eigenvalue weighted by Crippen LogP contribution is -2.14. The molecule has 0 aliphatic rings. The van der Waals surface area contributed by atoms with Crippen LogP contribution in [-0.4, -0.2) is 16.7 Å². The van der Waals surface area contributed by atoms with Gasteiger partial charge in [0, 0.05) is 12.5 Å². The van der Waals surface area contributed by atoms with Crippen LogP contribution in [0.2, 0.25) is 5.02 Å². The zero-order valence-electron chi connectivity index (χ0n) is 13.1. The molecule has 0 bridgehead atoms. The lowest BCUT2D eigenvalue weighted by Gasteiger charge is -2.19. The van der Waals surface area contributed by atoms with Crippen molar-refractivity contribution in [1.29, 1.82) is 0 Å². The van der Waals surface area contributed by atoms with Crippen molar-refractivity contribution < 1.29 is 0 Å². The molecular formula is C19H18ClN3O. The van der Waals surface area contributed by atoms with E-state index in [1.54, 1.807) is 0 Å². The lowest BCUT2D eigenvalue weighted by molar-refractivity contribution is 0.744. The van der Waals surface area contributed by atoms with Crippen LogP contribution in [0.15, 0.2) is 71.7 Å². The second-order valence-electron chi connectivity index (χ2n) is 5.52. The van der Waals surface area contributed by atoms with Gasteiger partial charge in [0.05, 0.1) is 11.9 Å². The van der Waals surface area contributed by atoms with Gasteiger partial charge < -0.3 is 5.32 Å². The van der Waals surface area contributed by atoms with E-state index in [-0.39, 0.29) is 16.5 Å². The quantitative estimate of drug-likeness (QED) is 0.712. The topological polar surface area (TPSA) is 57.8 Å². The average Bonchev–Trinajstić information content (AvgIpc) is 2.63. The number of benzene rings is 2. The minimum absolute atomic E-state index is 0.140. The Hall–Kier alpha value is -2.59. The monoisotopic (exact) mass is 339 g/mol. The summed E-state index contributed by atoms with van der Waals surface area (Å²) < 4.78 is 0. The molecule has 2 aromatic carbocycles. The number of hydrogen-bond acceptors (Lipinski definition) is 3. The molecule has 1 heterocycles. The Labute approximate surface area is 145 Å². The molecule has 3 rings (SSSR count). The van der Waals surface area contributed by atoms with E-state index >= 15 is 0 Å². The van der Waals surface area contributed by atoms with Gasteiger partial charge in [-0.25, -0.2) is 5.10 Å². The fourth-order valence-corrected chi connectivity index (χ4v) is 2.91. The van der Waals surface area contributed by atoms with Gasteiger partial charge in [-0.15, -0.1) is 0 Å². The van der Waals surface area contributed by atoms with Gasteiger partial charge >= 0.3 is 0 Å². The van der Waals surface area contributed by atoms with Crippen molar-refractivity contribution in [1.82, 2.24) is 10.2 Å². The minimum atomic E-state index is -0.385. The number of hydrogen-bond donors (Lipinski definition) is 2. The van der Waals surface area contributed by atoms with Gasteiger partial charge in [0.1, 0.15) is 5.02 Å². The van der Waals surface area contributed by atoms with Crippen LogP contribution in [-0.2, 0) is 0 Å². The summed E-state index contributed by atoms with van der Waals surface area (Å²) in [6.45, 7) is 0.680. The van der Waals surface area contributed by atoms with Crippen LogP contribution in [0.1, 0.15) is 23.5 Å². The Morgan fingerprint density at radius 2 is 1.58 bits per heavy atom. The van der Waals surface area contributed by atoms with Crippen LogP contribution in [0.4, 0.5) is 5.69 Å². The van der Waals surface area contributed by atoms with Crippen molar-refractivity contribution in [3.63, 3.8) is 0 Å². The third-order valence-electron chi connectivity index (χ3n) is 3.95. The minimum Gasteiger partial charge on any atom is -0.382 e. The lowest BCUT2D eigenvalue weighted by atomic mass is 9.88. The summed E-state index contributed by atoms with van der Waals surface area (Å²) in [6, 6.07) is 20.8. The van der Waals surface area contributed by atoms with Crippen LogP contribution in [0.3, 0.4) is 0 Å².